The van der Waals surface area contributed by atoms with Crippen molar-refractivity contribution in [2.45, 2.75) is 32.0 Å². The Morgan fingerprint density at radius 2 is 1.73 bits per heavy atom. The Morgan fingerprint density at radius 1 is 1.02 bits per heavy atom. The summed E-state index contributed by atoms with van der Waals surface area (Å²) in [6.45, 7) is 4.55. The lowest BCUT2D eigenvalue weighted by molar-refractivity contribution is -0.123. The van der Waals surface area contributed by atoms with Gasteiger partial charge in [0.15, 0.2) is 0 Å². The Bertz CT molecular complexity index is 1460. The van der Waals surface area contributed by atoms with E-state index in [2.05, 4.69) is 5.32 Å². The number of piperazine rings is 1. The standard InChI is InChI=1S/C31H33ClN4O5/c1-19(2)41-26-17-22(40-4)13-14-24(26)30-34-28(20-9-11-21(39-3)12-10-20)29(23-7-5-6-8-25(23)32)36(30)31(38)35-16-15-33-27(37)18-35/h5-14,17,19,28-29H,15-16,18H2,1-4H3,(H,33,37). The first-order valence-corrected chi connectivity index (χ1v) is 13.8. The van der Waals surface area contributed by atoms with Crippen LogP contribution in [0.5, 0.6) is 17.2 Å². The third-order valence-electron chi connectivity index (χ3n) is 7.06. The number of nitrogens with one attached hydrogen (secondary N) is 1. The summed E-state index contributed by atoms with van der Waals surface area (Å²) >= 11 is 6.79. The molecule has 3 amide bonds. The van der Waals surface area contributed by atoms with Crippen molar-refractivity contribution in [3.8, 4) is 17.2 Å². The van der Waals surface area contributed by atoms with Crippen LogP contribution in [-0.2, 0) is 4.79 Å². The van der Waals surface area contributed by atoms with Gasteiger partial charge in [-0.3, -0.25) is 14.7 Å². The highest BCUT2D eigenvalue weighted by Gasteiger charge is 2.45. The monoisotopic (exact) mass is 576 g/mol. The summed E-state index contributed by atoms with van der Waals surface area (Å²) in [5.41, 5.74) is 2.24. The molecule has 0 radical (unpaired) electrons. The lowest BCUT2D eigenvalue weighted by atomic mass is 9.93. The van der Waals surface area contributed by atoms with Crippen LogP contribution < -0.4 is 19.5 Å². The number of methoxy groups -OCH3 is 2. The molecule has 2 unspecified atom stereocenters. The molecule has 0 saturated carbocycles. The van der Waals surface area contributed by atoms with E-state index >= 15 is 0 Å². The maximum Gasteiger partial charge on any atom is 0.326 e. The zero-order valence-corrected chi connectivity index (χ0v) is 24.2. The minimum atomic E-state index is -0.599. The second kappa shape index (κ2) is 12.1. The van der Waals surface area contributed by atoms with Gasteiger partial charge in [0.25, 0.3) is 0 Å². The van der Waals surface area contributed by atoms with Gasteiger partial charge in [0.05, 0.1) is 31.9 Å². The van der Waals surface area contributed by atoms with E-state index < -0.39 is 12.1 Å². The number of halogens is 1. The van der Waals surface area contributed by atoms with Crippen LogP contribution >= 0.6 is 11.6 Å². The van der Waals surface area contributed by atoms with Gasteiger partial charge < -0.3 is 24.4 Å². The first-order chi connectivity index (χ1) is 19.8. The molecule has 2 atom stereocenters. The van der Waals surface area contributed by atoms with Gasteiger partial charge in [0.1, 0.15) is 35.7 Å². The summed E-state index contributed by atoms with van der Waals surface area (Å²) in [7, 11) is 3.20. The van der Waals surface area contributed by atoms with Gasteiger partial charge >= 0.3 is 6.03 Å². The number of ether oxygens (including phenoxy) is 3. The van der Waals surface area contributed by atoms with Gasteiger partial charge in [-0.1, -0.05) is 41.9 Å². The van der Waals surface area contributed by atoms with Crippen LogP contribution in [-0.4, -0.2) is 67.5 Å². The molecule has 5 rings (SSSR count). The number of carbonyl (C=O) groups excluding carboxylic acids is 2. The molecule has 0 aromatic heterocycles. The van der Waals surface area contributed by atoms with Crippen molar-refractivity contribution in [1.82, 2.24) is 15.1 Å². The molecule has 3 aromatic rings. The molecule has 214 valence electrons. The van der Waals surface area contributed by atoms with E-state index in [1.54, 1.807) is 36.2 Å². The maximum atomic E-state index is 14.4. The number of urea groups is 1. The number of benzene rings is 3. The normalized spacial score (nSPS) is 18.7. The highest BCUT2D eigenvalue weighted by molar-refractivity contribution is 6.31. The Morgan fingerprint density at radius 3 is 2.39 bits per heavy atom. The van der Waals surface area contributed by atoms with Crippen LogP contribution in [0.25, 0.3) is 0 Å². The van der Waals surface area contributed by atoms with E-state index in [1.807, 2.05) is 68.4 Å². The third kappa shape index (κ3) is 5.81. The molecule has 9 nitrogen and oxygen atoms in total. The maximum absolute atomic E-state index is 14.4. The fourth-order valence-electron chi connectivity index (χ4n) is 5.15. The molecule has 0 aliphatic carbocycles. The van der Waals surface area contributed by atoms with E-state index in [1.165, 1.54) is 0 Å². The van der Waals surface area contributed by atoms with Crippen LogP contribution in [0, 0.1) is 0 Å². The van der Waals surface area contributed by atoms with E-state index in [9.17, 15) is 9.59 Å². The average molecular weight is 577 g/mol. The lowest BCUT2D eigenvalue weighted by Crippen LogP contribution is -2.55. The quantitative estimate of drug-likeness (QED) is 0.415. The summed E-state index contributed by atoms with van der Waals surface area (Å²) in [6.07, 6.45) is -0.144. The van der Waals surface area contributed by atoms with E-state index in [0.29, 0.717) is 46.8 Å². The summed E-state index contributed by atoms with van der Waals surface area (Å²) in [5.74, 6) is 2.06. The molecule has 2 aliphatic heterocycles. The second-order valence-corrected chi connectivity index (χ2v) is 10.5. The van der Waals surface area contributed by atoms with Crippen molar-refractivity contribution in [3.05, 3.63) is 88.4 Å². The number of hydrogen-bond acceptors (Lipinski definition) is 6. The molecule has 10 heteroatoms. The van der Waals surface area contributed by atoms with Crippen molar-refractivity contribution in [1.29, 1.82) is 0 Å². The highest BCUT2D eigenvalue weighted by Crippen LogP contribution is 2.47. The zero-order chi connectivity index (χ0) is 29.1. The molecule has 1 saturated heterocycles. The predicted octanol–water partition coefficient (Wildman–Crippen LogP) is 5.24. The fourth-order valence-corrected chi connectivity index (χ4v) is 5.40. The molecule has 2 aliphatic rings. The fraction of sp³-hybridized carbons (Fsp3) is 0.323. The van der Waals surface area contributed by atoms with Crippen molar-refractivity contribution in [2.75, 3.05) is 33.9 Å². The minimum Gasteiger partial charge on any atom is -0.497 e. The Balaban J connectivity index is 1.72. The molecular formula is C31H33ClN4O5. The van der Waals surface area contributed by atoms with Gasteiger partial charge in [-0.05, 0) is 55.3 Å². The van der Waals surface area contributed by atoms with Crippen molar-refractivity contribution >= 4 is 29.4 Å². The average Bonchev–Trinajstić information content (AvgIpc) is 3.36. The number of carbonyl (C=O) groups is 2. The molecule has 2 heterocycles. The molecule has 1 N–H and O–H groups in total. The van der Waals surface area contributed by atoms with Crippen LogP contribution in [0.3, 0.4) is 0 Å². The first-order valence-electron chi connectivity index (χ1n) is 13.5. The number of hydrogen-bond donors (Lipinski definition) is 1. The molecular weight excluding hydrogens is 544 g/mol. The van der Waals surface area contributed by atoms with Gasteiger partial charge in [0, 0.05) is 24.2 Å². The lowest BCUT2D eigenvalue weighted by Gasteiger charge is -2.36. The van der Waals surface area contributed by atoms with Gasteiger partial charge in [-0.2, -0.15) is 0 Å². The number of aliphatic imine (C=N–C) groups is 1. The highest BCUT2D eigenvalue weighted by atomic mass is 35.5. The molecule has 1 fully saturated rings. The third-order valence-corrected chi connectivity index (χ3v) is 7.40. The molecule has 0 bridgehead atoms. The second-order valence-electron chi connectivity index (χ2n) is 10.1. The molecule has 0 spiro atoms. The summed E-state index contributed by atoms with van der Waals surface area (Å²) < 4.78 is 17.1. The van der Waals surface area contributed by atoms with Crippen molar-refractivity contribution in [3.63, 3.8) is 0 Å². The number of amidine groups is 1. The van der Waals surface area contributed by atoms with Gasteiger partial charge in [-0.15, -0.1) is 0 Å². The number of rotatable bonds is 7. The van der Waals surface area contributed by atoms with Crippen LogP contribution in [0.2, 0.25) is 5.02 Å². The van der Waals surface area contributed by atoms with E-state index in [0.717, 1.165) is 11.1 Å². The SMILES string of the molecule is COc1ccc(C2N=C(c3ccc(OC)cc3OC(C)C)N(C(=O)N3CCNC(=O)C3)C2c2ccccc2Cl)cc1. The number of amides is 3. The largest absolute Gasteiger partial charge is 0.497 e. The Labute approximate surface area is 244 Å². The predicted molar refractivity (Wildman–Crippen MR) is 157 cm³/mol. The zero-order valence-electron chi connectivity index (χ0n) is 23.5. The van der Waals surface area contributed by atoms with Crippen molar-refractivity contribution < 1.29 is 23.8 Å². The van der Waals surface area contributed by atoms with Crippen LogP contribution in [0.4, 0.5) is 4.79 Å². The number of nitrogens with zero attached hydrogens (tertiary/aromatic N) is 3. The minimum absolute atomic E-state index is 0.0526. The van der Waals surface area contributed by atoms with Crippen LogP contribution in [0.15, 0.2) is 71.7 Å². The first kappa shape index (κ1) is 28.3. The summed E-state index contributed by atoms with van der Waals surface area (Å²) in [4.78, 5) is 35.1. The Kier molecular flexibility index (Phi) is 8.35. The van der Waals surface area contributed by atoms with Crippen LogP contribution in [0.1, 0.15) is 42.6 Å². The van der Waals surface area contributed by atoms with Gasteiger partial charge in [-0.25, -0.2) is 4.79 Å². The smallest absolute Gasteiger partial charge is 0.326 e. The summed E-state index contributed by atoms with van der Waals surface area (Å²) in [6, 6.07) is 19.1. The van der Waals surface area contributed by atoms with E-state index in [4.69, 9.17) is 30.8 Å². The van der Waals surface area contributed by atoms with Crippen molar-refractivity contribution in [2.24, 2.45) is 4.99 Å². The topological polar surface area (TPSA) is 92.7 Å². The summed E-state index contributed by atoms with van der Waals surface area (Å²) in [5, 5.41) is 3.30. The van der Waals surface area contributed by atoms with E-state index in [-0.39, 0.29) is 24.6 Å². The molecule has 3 aromatic carbocycles. The molecule has 41 heavy (non-hydrogen) atoms. The van der Waals surface area contributed by atoms with Gasteiger partial charge in [0.2, 0.25) is 5.91 Å². The Hall–Kier alpha value is -4.24.